The van der Waals surface area contributed by atoms with E-state index in [1.807, 2.05) is 0 Å². The van der Waals surface area contributed by atoms with Crippen LogP contribution >= 0.6 is 0 Å². The Kier molecular flexibility index (Phi) is 7.16. The van der Waals surface area contributed by atoms with Gasteiger partial charge in [0.15, 0.2) is 5.69 Å². The van der Waals surface area contributed by atoms with Crippen LogP contribution in [0.15, 0.2) is 30.5 Å². The molecule has 0 atom stereocenters. The van der Waals surface area contributed by atoms with E-state index in [4.69, 9.17) is 4.74 Å². The second-order valence-corrected chi connectivity index (χ2v) is 5.58. The van der Waals surface area contributed by atoms with Crippen LogP contribution in [0.2, 0.25) is 0 Å². The Labute approximate surface area is 159 Å². The van der Waals surface area contributed by atoms with Crippen LogP contribution < -0.4 is 5.32 Å². The number of hydrogen-bond acceptors (Lipinski definition) is 5. The molecule has 0 aliphatic heterocycles. The molecule has 0 spiro atoms. The third kappa shape index (κ3) is 5.32. The van der Waals surface area contributed by atoms with E-state index < -0.39 is 23.4 Å². The van der Waals surface area contributed by atoms with Crippen LogP contribution in [-0.4, -0.2) is 41.5 Å². The van der Waals surface area contributed by atoms with Gasteiger partial charge in [0.1, 0.15) is 5.56 Å². The maximum Gasteiger partial charge on any atom is 0.434 e. The molecule has 28 heavy (non-hydrogen) atoms. The van der Waals surface area contributed by atoms with Gasteiger partial charge in [-0.25, -0.2) is 9.48 Å². The zero-order valence-corrected chi connectivity index (χ0v) is 15.4. The molecule has 1 aromatic heterocycles. The maximum atomic E-state index is 13.6. The second kappa shape index (κ2) is 9.36. The number of carbonyl (C=O) groups excluding carboxylic acids is 2. The molecule has 0 aliphatic rings. The van der Waals surface area contributed by atoms with Gasteiger partial charge in [-0.05, 0) is 32.0 Å². The van der Waals surface area contributed by atoms with E-state index in [0.717, 1.165) is 6.20 Å². The number of benzene rings is 1. The topological polar surface area (TPSA) is 82.5 Å². The highest BCUT2D eigenvalue weighted by Gasteiger charge is 2.41. The summed E-state index contributed by atoms with van der Waals surface area (Å²) in [5.41, 5.74) is -1.60. The average Bonchev–Trinajstić information content (AvgIpc) is 3.08. The van der Waals surface area contributed by atoms with Crippen LogP contribution in [0.5, 0.6) is 0 Å². The fourth-order valence-electron chi connectivity index (χ4n) is 2.42. The molecule has 1 heterocycles. The first-order valence-corrected chi connectivity index (χ1v) is 8.58. The normalized spacial score (nSPS) is 11.3. The van der Waals surface area contributed by atoms with Gasteiger partial charge < -0.3 is 14.8 Å². The summed E-state index contributed by atoms with van der Waals surface area (Å²) < 4.78 is 51.0. The summed E-state index contributed by atoms with van der Waals surface area (Å²) in [5.74, 6) is -1.45. The predicted octanol–water partition coefficient (Wildman–Crippen LogP) is 3.43. The number of rotatable bonds is 8. The van der Waals surface area contributed by atoms with Crippen LogP contribution in [0.4, 0.5) is 18.9 Å². The Hall–Kier alpha value is -2.88. The van der Waals surface area contributed by atoms with Gasteiger partial charge >= 0.3 is 12.1 Å². The van der Waals surface area contributed by atoms with Gasteiger partial charge in [-0.15, -0.1) is 0 Å². The van der Waals surface area contributed by atoms with E-state index in [1.54, 1.807) is 6.92 Å². The van der Waals surface area contributed by atoms with Crippen LogP contribution in [-0.2, 0) is 20.4 Å². The SMILES string of the molecule is CCOCCC(=O)Nc1cccc(-n2ncc(C(=O)OCC)c2C(F)(F)F)c1. The molecule has 1 aromatic carbocycles. The van der Waals surface area contributed by atoms with Crippen molar-refractivity contribution in [3.63, 3.8) is 0 Å². The molecule has 0 bridgehead atoms. The second-order valence-electron chi connectivity index (χ2n) is 5.58. The molecule has 1 amide bonds. The van der Waals surface area contributed by atoms with Gasteiger partial charge in [0.05, 0.1) is 31.5 Å². The number of esters is 1. The predicted molar refractivity (Wildman–Crippen MR) is 94.3 cm³/mol. The third-order valence-corrected chi connectivity index (χ3v) is 3.59. The maximum absolute atomic E-state index is 13.6. The van der Waals surface area contributed by atoms with E-state index in [2.05, 4.69) is 15.2 Å². The summed E-state index contributed by atoms with van der Waals surface area (Å²) in [6, 6.07) is 5.72. The van der Waals surface area contributed by atoms with Gasteiger partial charge in [0.25, 0.3) is 0 Å². The van der Waals surface area contributed by atoms with Crippen LogP contribution in [0, 0.1) is 0 Å². The molecule has 0 aliphatic carbocycles. The van der Waals surface area contributed by atoms with Crippen LogP contribution in [0.25, 0.3) is 5.69 Å². The monoisotopic (exact) mass is 399 g/mol. The van der Waals surface area contributed by atoms with Crippen LogP contribution in [0.3, 0.4) is 0 Å². The van der Waals surface area contributed by atoms with Crippen molar-refractivity contribution in [1.29, 1.82) is 0 Å². The van der Waals surface area contributed by atoms with Crippen molar-refractivity contribution in [2.24, 2.45) is 0 Å². The van der Waals surface area contributed by atoms with Crippen molar-refractivity contribution < 1.29 is 32.2 Å². The van der Waals surface area contributed by atoms with Crippen LogP contribution in [0.1, 0.15) is 36.3 Å². The number of ether oxygens (including phenoxy) is 2. The lowest BCUT2D eigenvalue weighted by molar-refractivity contribution is -0.143. The number of alkyl halides is 3. The number of nitrogens with zero attached hydrogens (tertiary/aromatic N) is 2. The number of amides is 1. The smallest absolute Gasteiger partial charge is 0.434 e. The van der Waals surface area contributed by atoms with E-state index in [0.29, 0.717) is 17.0 Å². The number of aromatic nitrogens is 2. The van der Waals surface area contributed by atoms with Crippen molar-refractivity contribution in [2.45, 2.75) is 26.4 Å². The van der Waals surface area contributed by atoms with E-state index in [1.165, 1.54) is 31.2 Å². The molecule has 1 N–H and O–H groups in total. The summed E-state index contributed by atoms with van der Waals surface area (Å²) in [5, 5.41) is 6.29. The molecule has 2 aromatic rings. The fraction of sp³-hybridized carbons (Fsp3) is 0.389. The summed E-state index contributed by atoms with van der Waals surface area (Å²) >= 11 is 0. The van der Waals surface area contributed by atoms with Crippen molar-refractivity contribution in [2.75, 3.05) is 25.1 Å². The standard InChI is InChI=1S/C18H20F3N3O4/c1-3-27-9-8-15(25)23-12-6-5-7-13(10-12)24-16(18(19,20)21)14(11-22-24)17(26)28-4-2/h5-7,10-11H,3-4,8-9H2,1-2H3,(H,23,25). The zero-order valence-electron chi connectivity index (χ0n) is 15.4. The highest BCUT2D eigenvalue weighted by atomic mass is 19.4. The van der Waals surface area contributed by atoms with E-state index >= 15 is 0 Å². The molecule has 10 heteroatoms. The number of nitrogens with one attached hydrogen (secondary N) is 1. The number of anilines is 1. The fourth-order valence-corrected chi connectivity index (χ4v) is 2.42. The van der Waals surface area contributed by atoms with Crippen molar-refractivity contribution >= 4 is 17.6 Å². The van der Waals surface area contributed by atoms with Gasteiger partial charge in [-0.2, -0.15) is 18.3 Å². The lowest BCUT2D eigenvalue weighted by atomic mass is 10.2. The van der Waals surface area contributed by atoms with Crippen molar-refractivity contribution in [3.8, 4) is 5.69 Å². The van der Waals surface area contributed by atoms with E-state index in [-0.39, 0.29) is 31.2 Å². The summed E-state index contributed by atoms with van der Waals surface area (Å²) in [7, 11) is 0. The summed E-state index contributed by atoms with van der Waals surface area (Å²) in [6.07, 6.45) is -3.91. The van der Waals surface area contributed by atoms with Gasteiger partial charge in [0, 0.05) is 12.3 Å². The Morgan fingerprint density at radius 1 is 1.21 bits per heavy atom. The average molecular weight is 399 g/mol. The molecule has 0 radical (unpaired) electrons. The minimum atomic E-state index is -4.84. The Balaban J connectivity index is 2.33. The lowest BCUT2D eigenvalue weighted by Crippen LogP contribution is -2.19. The molecule has 7 nitrogen and oxygen atoms in total. The molecule has 0 saturated heterocycles. The van der Waals surface area contributed by atoms with E-state index in [9.17, 15) is 22.8 Å². The van der Waals surface area contributed by atoms with Crippen molar-refractivity contribution in [1.82, 2.24) is 9.78 Å². The quantitative estimate of drug-likeness (QED) is 0.543. The summed E-state index contributed by atoms with van der Waals surface area (Å²) in [4.78, 5) is 23.7. The molecule has 0 fully saturated rings. The molecular weight excluding hydrogens is 379 g/mol. The number of halogens is 3. The molecular formula is C18H20F3N3O4. The number of hydrogen-bond donors (Lipinski definition) is 1. The Morgan fingerprint density at radius 3 is 2.61 bits per heavy atom. The van der Waals surface area contributed by atoms with Gasteiger partial charge in [-0.3, -0.25) is 4.79 Å². The third-order valence-electron chi connectivity index (χ3n) is 3.59. The molecule has 152 valence electrons. The molecule has 0 saturated carbocycles. The Morgan fingerprint density at radius 2 is 1.96 bits per heavy atom. The highest BCUT2D eigenvalue weighted by Crippen LogP contribution is 2.34. The Bertz CT molecular complexity index is 834. The number of carbonyl (C=O) groups is 2. The highest BCUT2D eigenvalue weighted by molar-refractivity contribution is 5.92. The first-order chi connectivity index (χ1) is 13.3. The summed E-state index contributed by atoms with van der Waals surface area (Å²) in [6.45, 7) is 3.94. The minimum Gasteiger partial charge on any atom is -0.462 e. The molecule has 2 rings (SSSR count). The first kappa shape index (κ1) is 21.4. The van der Waals surface area contributed by atoms with Crippen molar-refractivity contribution in [3.05, 3.63) is 41.7 Å². The molecule has 0 unspecified atom stereocenters. The largest absolute Gasteiger partial charge is 0.462 e. The van der Waals surface area contributed by atoms with Gasteiger partial charge in [0.2, 0.25) is 5.91 Å². The lowest BCUT2D eigenvalue weighted by Gasteiger charge is -2.13. The van der Waals surface area contributed by atoms with Gasteiger partial charge in [-0.1, -0.05) is 6.07 Å². The zero-order chi connectivity index (χ0) is 20.7. The first-order valence-electron chi connectivity index (χ1n) is 8.58. The minimum absolute atomic E-state index is 0.0329.